The van der Waals surface area contributed by atoms with E-state index in [1.807, 2.05) is 12.2 Å². The van der Waals surface area contributed by atoms with Crippen LogP contribution >= 0.6 is 0 Å². The Labute approximate surface area is 171 Å². The van der Waals surface area contributed by atoms with E-state index in [0.29, 0.717) is 0 Å². The van der Waals surface area contributed by atoms with Gasteiger partial charge in [0.15, 0.2) is 0 Å². The third kappa shape index (κ3) is 1.93. The van der Waals surface area contributed by atoms with Crippen LogP contribution in [-0.2, 0) is 0 Å². The smallest absolute Gasteiger partial charge is 0.0653 e. The molecular formula is C29H20. The van der Waals surface area contributed by atoms with Gasteiger partial charge in [-0.2, -0.15) is 0 Å². The number of hydrogen-bond donors (Lipinski definition) is 0. The monoisotopic (exact) mass is 368 g/mol. The fourth-order valence-electron chi connectivity index (χ4n) is 5.38. The van der Waals surface area contributed by atoms with Gasteiger partial charge in [0.2, 0.25) is 0 Å². The quantitative estimate of drug-likeness (QED) is 0.526. The standard InChI is InChI=1S/C29H20/c1-3-19-16-25-23-13-8-6-11-21(23)18-28(25)29(26(19)4-2)15-9-14-24-22-12-7-5-10-20(22)17-27(24)29/h3-18H,1-2H2. The summed E-state index contributed by atoms with van der Waals surface area (Å²) in [6, 6.07) is 17.3. The molecule has 0 saturated heterocycles. The Kier molecular flexibility index (Phi) is 3.20. The minimum atomic E-state index is -0.350. The molecule has 4 aliphatic rings. The lowest BCUT2D eigenvalue weighted by molar-refractivity contribution is 0.711. The zero-order valence-electron chi connectivity index (χ0n) is 16.2. The van der Waals surface area contributed by atoms with Crippen LogP contribution in [0.4, 0.5) is 0 Å². The molecule has 0 bridgehead atoms. The van der Waals surface area contributed by atoms with Gasteiger partial charge < -0.3 is 0 Å². The maximum Gasteiger partial charge on any atom is 0.0653 e. The second kappa shape index (κ2) is 5.68. The van der Waals surface area contributed by atoms with Crippen molar-refractivity contribution in [3.8, 4) is 0 Å². The first-order valence-corrected chi connectivity index (χ1v) is 10.0. The minimum absolute atomic E-state index is 0.350. The van der Waals surface area contributed by atoms with Gasteiger partial charge in [0, 0.05) is 0 Å². The van der Waals surface area contributed by atoms with E-state index >= 15 is 0 Å². The first kappa shape index (κ1) is 16.3. The van der Waals surface area contributed by atoms with Crippen LogP contribution in [0, 0.1) is 5.41 Å². The average Bonchev–Trinajstić information content (AvgIpc) is 3.33. The SMILES string of the molecule is C=CC1=C(C=C)C2(C=CC=C3C2=Cc2ccccc23)C2=Cc3ccccc3C2=C1. The molecule has 0 heteroatoms. The van der Waals surface area contributed by atoms with Gasteiger partial charge in [-0.15, -0.1) is 0 Å². The summed E-state index contributed by atoms with van der Waals surface area (Å²) >= 11 is 0. The molecule has 1 unspecified atom stereocenters. The summed E-state index contributed by atoms with van der Waals surface area (Å²) in [5.41, 5.74) is 12.4. The van der Waals surface area contributed by atoms with E-state index in [1.165, 1.54) is 50.1 Å². The first-order chi connectivity index (χ1) is 14.3. The molecule has 0 fully saturated rings. The van der Waals surface area contributed by atoms with E-state index in [1.54, 1.807) is 0 Å². The normalized spacial score (nSPS) is 22.8. The topological polar surface area (TPSA) is 0 Å². The summed E-state index contributed by atoms with van der Waals surface area (Å²) in [5, 5.41) is 0. The van der Waals surface area contributed by atoms with E-state index in [4.69, 9.17) is 0 Å². The number of fused-ring (bicyclic) bond motifs is 8. The largest absolute Gasteiger partial charge is 0.0987 e. The first-order valence-electron chi connectivity index (χ1n) is 10.0. The van der Waals surface area contributed by atoms with Crippen LogP contribution in [-0.4, -0.2) is 0 Å². The van der Waals surface area contributed by atoms with Crippen LogP contribution in [0.25, 0.3) is 23.3 Å². The van der Waals surface area contributed by atoms with E-state index in [0.717, 1.165) is 5.57 Å². The van der Waals surface area contributed by atoms with Crippen LogP contribution in [0.15, 0.2) is 120 Å². The van der Waals surface area contributed by atoms with Crippen LogP contribution in [0.1, 0.15) is 22.3 Å². The molecule has 0 heterocycles. The van der Waals surface area contributed by atoms with Crippen LogP contribution in [0.2, 0.25) is 0 Å². The van der Waals surface area contributed by atoms with Crippen LogP contribution in [0.3, 0.4) is 0 Å². The molecule has 0 aliphatic heterocycles. The Morgan fingerprint density at radius 1 is 0.690 bits per heavy atom. The molecule has 0 aromatic heterocycles. The van der Waals surface area contributed by atoms with Gasteiger partial charge in [0.05, 0.1) is 5.41 Å². The van der Waals surface area contributed by atoms with Gasteiger partial charge in [0.1, 0.15) is 0 Å². The predicted octanol–water partition coefficient (Wildman–Crippen LogP) is 7.19. The highest BCUT2D eigenvalue weighted by molar-refractivity contribution is 6.06. The number of rotatable bonds is 2. The molecule has 0 saturated carbocycles. The van der Waals surface area contributed by atoms with E-state index < -0.39 is 0 Å². The lowest BCUT2D eigenvalue weighted by Gasteiger charge is -2.42. The van der Waals surface area contributed by atoms with Gasteiger partial charge in [0.25, 0.3) is 0 Å². The maximum absolute atomic E-state index is 4.22. The summed E-state index contributed by atoms with van der Waals surface area (Å²) < 4.78 is 0. The molecule has 6 rings (SSSR count). The minimum Gasteiger partial charge on any atom is -0.0987 e. The molecule has 2 aromatic carbocycles. The highest BCUT2D eigenvalue weighted by atomic mass is 14.5. The number of allylic oxidation sites excluding steroid dienone is 12. The molecule has 2 aromatic rings. The second-order valence-electron chi connectivity index (χ2n) is 7.87. The van der Waals surface area contributed by atoms with Gasteiger partial charge in [-0.1, -0.05) is 92.1 Å². The molecule has 136 valence electrons. The van der Waals surface area contributed by atoms with Crippen molar-refractivity contribution >= 4 is 23.3 Å². The predicted molar refractivity (Wildman–Crippen MR) is 124 cm³/mol. The molecule has 0 amide bonds. The van der Waals surface area contributed by atoms with Crippen molar-refractivity contribution in [2.45, 2.75) is 0 Å². The van der Waals surface area contributed by atoms with Crippen molar-refractivity contribution in [1.29, 1.82) is 0 Å². The van der Waals surface area contributed by atoms with Crippen molar-refractivity contribution in [2.24, 2.45) is 5.41 Å². The number of hydrogen-bond acceptors (Lipinski definition) is 0. The van der Waals surface area contributed by atoms with Gasteiger partial charge >= 0.3 is 0 Å². The molecule has 1 atom stereocenters. The molecule has 4 aliphatic carbocycles. The lowest BCUT2D eigenvalue weighted by Crippen LogP contribution is -2.29. The number of benzene rings is 2. The van der Waals surface area contributed by atoms with Crippen LogP contribution < -0.4 is 0 Å². The molecule has 0 nitrogen and oxygen atoms in total. The summed E-state index contributed by atoms with van der Waals surface area (Å²) in [4.78, 5) is 0. The van der Waals surface area contributed by atoms with E-state index in [2.05, 4.69) is 98.1 Å². The zero-order chi connectivity index (χ0) is 19.6. The Balaban J connectivity index is 1.70. The molecule has 1 spiro atoms. The maximum atomic E-state index is 4.22. The van der Waals surface area contributed by atoms with Gasteiger partial charge in [-0.3, -0.25) is 0 Å². The molecule has 0 radical (unpaired) electrons. The fraction of sp³-hybridized carbons (Fsp3) is 0.0345. The Morgan fingerprint density at radius 3 is 1.97 bits per heavy atom. The van der Waals surface area contributed by atoms with Gasteiger partial charge in [-0.25, -0.2) is 0 Å². The van der Waals surface area contributed by atoms with E-state index in [-0.39, 0.29) is 5.41 Å². The summed E-state index contributed by atoms with van der Waals surface area (Å²) in [6.45, 7) is 8.34. The molecule has 29 heavy (non-hydrogen) atoms. The Morgan fingerprint density at radius 2 is 1.31 bits per heavy atom. The third-order valence-corrected chi connectivity index (χ3v) is 6.60. The van der Waals surface area contributed by atoms with E-state index in [9.17, 15) is 0 Å². The van der Waals surface area contributed by atoms with Crippen molar-refractivity contribution in [2.75, 3.05) is 0 Å². The Bertz CT molecular complexity index is 1300. The van der Waals surface area contributed by atoms with Crippen LogP contribution in [0.5, 0.6) is 0 Å². The lowest BCUT2D eigenvalue weighted by atomic mass is 9.60. The average molecular weight is 368 g/mol. The highest BCUT2D eigenvalue weighted by Crippen LogP contribution is 2.62. The molecule has 0 N–H and O–H groups in total. The summed E-state index contributed by atoms with van der Waals surface area (Å²) in [6.07, 6.45) is 17.8. The van der Waals surface area contributed by atoms with Crippen molar-refractivity contribution in [3.63, 3.8) is 0 Å². The highest BCUT2D eigenvalue weighted by Gasteiger charge is 2.48. The van der Waals surface area contributed by atoms with Gasteiger partial charge in [-0.05, 0) is 73.9 Å². The van der Waals surface area contributed by atoms with Crippen molar-refractivity contribution in [1.82, 2.24) is 0 Å². The second-order valence-corrected chi connectivity index (χ2v) is 7.87. The Hall–Kier alpha value is -3.64. The third-order valence-electron chi connectivity index (χ3n) is 6.60. The fourth-order valence-corrected chi connectivity index (χ4v) is 5.38. The summed E-state index contributed by atoms with van der Waals surface area (Å²) in [7, 11) is 0. The van der Waals surface area contributed by atoms with Crippen molar-refractivity contribution in [3.05, 3.63) is 143 Å². The zero-order valence-corrected chi connectivity index (χ0v) is 16.2. The summed E-state index contributed by atoms with van der Waals surface area (Å²) in [5.74, 6) is 0. The van der Waals surface area contributed by atoms with Crippen molar-refractivity contribution < 1.29 is 0 Å². The molecular weight excluding hydrogens is 348 g/mol.